The molecule has 1 aliphatic heterocycles. The van der Waals surface area contributed by atoms with E-state index in [4.69, 9.17) is 21.1 Å². The average Bonchev–Trinajstić information content (AvgIpc) is 2.52. The number of benzene rings is 1. The molecule has 1 atom stereocenters. The number of amides is 1. The standard InChI is InChI=1S/C15H21ClN2O3/c1-11(15(19)18-5-7-21-8-6-18)17-10-12-9-13(16)3-4-14(12)20-2/h3-4,9,11,17H,5-8,10H2,1-2H3. The van der Waals surface area contributed by atoms with Gasteiger partial charge in [-0.05, 0) is 25.1 Å². The minimum Gasteiger partial charge on any atom is -0.496 e. The van der Waals surface area contributed by atoms with Gasteiger partial charge in [0.05, 0.1) is 26.4 Å². The lowest BCUT2D eigenvalue weighted by molar-refractivity contribution is -0.137. The van der Waals surface area contributed by atoms with Gasteiger partial charge in [0, 0.05) is 30.2 Å². The van der Waals surface area contributed by atoms with Crippen molar-refractivity contribution in [3.8, 4) is 5.75 Å². The first-order valence-corrected chi connectivity index (χ1v) is 7.42. The van der Waals surface area contributed by atoms with Crippen LogP contribution in [-0.2, 0) is 16.1 Å². The fourth-order valence-electron chi connectivity index (χ4n) is 2.29. The average molecular weight is 313 g/mol. The lowest BCUT2D eigenvalue weighted by Gasteiger charge is -2.29. The van der Waals surface area contributed by atoms with E-state index in [1.807, 2.05) is 24.0 Å². The SMILES string of the molecule is COc1ccc(Cl)cc1CNC(C)C(=O)N1CCOCC1. The molecule has 1 heterocycles. The summed E-state index contributed by atoms with van der Waals surface area (Å²) in [6, 6.07) is 5.20. The van der Waals surface area contributed by atoms with Gasteiger partial charge in [-0.3, -0.25) is 4.79 Å². The minimum atomic E-state index is -0.258. The molecule has 1 unspecified atom stereocenters. The van der Waals surface area contributed by atoms with E-state index in [0.717, 1.165) is 11.3 Å². The van der Waals surface area contributed by atoms with E-state index in [2.05, 4.69) is 5.32 Å². The van der Waals surface area contributed by atoms with E-state index >= 15 is 0 Å². The zero-order valence-corrected chi connectivity index (χ0v) is 13.2. The van der Waals surface area contributed by atoms with Gasteiger partial charge < -0.3 is 19.7 Å². The summed E-state index contributed by atoms with van der Waals surface area (Å²) >= 11 is 6.00. The number of methoxy groups -OCH3 is 1. The van der Waals surface area contributed by atoms with Gasteiger partial charge in [0.15, 0.2) is 0 Å². The van der Waals surface area contributed by atoms with E-state index in [0.29, 0.717) is 37.9 Å². The molecule has 1 fully saturated rings. The third-order valence-electron chi connectivity index (χ3n) is 3.53. The molecule has 0 spiro atoms. The number of hydrogen-bond acceptors (Lipinski definition) is 4. The van der Waals surface area contributed by atoms with Crippen LogP contribution in [0.1, 0.15) is 12.5 Å². The van der Waals surface area contributed by atoms with Crippen molar-refractivity contribution < 1.29 is 14.3 Å². The van der Waals surface area contributed by atoms with Gasteiger partial charge in [0.2, 0.25) is 5.91 Å². The first-order chi connectivity index (χ1) is 10.1. The normalized spacial score (nSPS) is 16.6. The van der Waals surface area contributed by atoms with E-state index in [-0.39, 0.29) is 11.9 Å². The molecule has 1 aliphatic rings. The van der Waals surface area contributed by atoms with Crippen LogP contribution in [0.3, 0.4) is 0 Å². The number of halogens is 1. The maximum atomic E-state index is 12.3. The summed E-state index contributed by atoms with van der Waals surface area (Å²) in [5, 5.41) is 3.88. The fourth-order valence-corrected chi connectivity index (χ4v) is 2.49. The van der Waals surface area contributed by atoms with Crippen LogP contribution in [0.2, 0.25) is 5.02 Å². The molecule has 0 saturated carbocycles. The van der Waals surface area contributed by atoms with Gasteiger partial charge in [0.1, 0.15) is 5.75 Å². The quantitative estimate of drug-likeness (QED) is 0.899. The van der Waals surface area contributed by atoms with Crippen LogP contribution in [0.4, 0.5) is 0 Å². The van der Waals surface area contributed by atoms with E-state index in [9.17, 15) is 4.79 Å². The van der Waals surface area contributed by atoms with Gasteiger partial charge in [-0.2, -0.15) is 0 Å². The number of morpholine rings is 1. The third kappa shape index (κ3) is 4.33. The van der Waals surface area contributed by atoms with Gasteiger partial charge in [-0.1, -0.05) is 11.6 Å². The van der Waals surface area contributed by atoms with Crippen LogP contribution < -0.4 is 10.1 Å². The Kier molecular flexibility index (Phi) is 5.85. The summed E-state index contributed by atoms with van der Waals surface area (Å²) < 4.78 is 10.6. The van der Waals surface area contributed by atoms with E-state index < -0.39 is 0 Å². The molecular formula is C15H21ClN2O3. The number of hydrogen-bond donors (Lipinski definition) is 1. The molecule has 1 N–H and O–H groups in total. The molecule has 0 bridgehead atoms. The highest BCUT2D eigenvalue weighted by Crippen LogP contribution is 2.22. The molecule has 2 rings (SSSR count). The van der Waals surface area contributed by atoms with Crippen molar-refractivity contribution in [2.24, 2.45) is 0 Å². The van der Waals surface area contributed by atoms with E-state index in [1.165, 1.54) is 0 Å². The maximum absolute atomic E-state index is 12.3. The summed E-state index contributed by atoms with van der Waals surface area (Å²) in [5.74, 6) is 0.859. The van der Waals surface area contributed by atoms with Crippen molar-refractivity contribution in [1.29, 1.82) is 0 Å². The molecule has 1 amide bonds. The molecular weight excluding hydrogens is 292 g/mol. The zero-order chi connectivity index (χ0) is 15.2. The summed E-state index contributed by atoms with van der Waals surface area (Å²) in [4.78, 5) is 14.1. The summed E-state index contributed by atoms with van der Waals surface area (Å²) in [5.41, 5.74) is 0.937. The lowest BCUT2D eigenvalue weighted by Crippen LogP contribution is -2.49. The molecule has 1 saturated heterocycles. The highest BCUT2D eigenvalue weighted by Gasteiger charge is 2.22. The van der Waals surface area contributed by atoms with Crippen molar-refractivity contribution in [3.63, 3.8) is 0 Å². The molecule has 21 heavy (non-hydrogen) atoms. The second-order valence-corrected chi connectivity index (χ2v) is 5.43. The fraction of sp³-hybridized carbons (Fsp3) is 0.533. The Labute approximate surface area is 130 Å². The molecule has 5 nitrogen and oxygen atoms in total. The minimum absolute atomic E-state index is 0.0966. The largest absolute Gasteiger partial charge is 0.496 e. The first kappa shape index (κ1) is 16.1. The molecule has 1 aromatic carbocycles. The molecule has 0 aliphatic carbocycles. The summed E-state index contributed by atoms with van der Waals surface area (Å²) in [6.45, 7) is 4.94. The molecule has 6 heteroatoms. The third-order valence-corrected chi connectivity index (χ3v) is 3.77. The number of carbonyl (C=O) groups is 1. The molecule has 1 aromatic rings. The molecule has 0 radical (unpaired) electrons. The number of nitrogens with zero attached hydrogens (tertiary/aromatic N) is 1. The number of carbonyl (C=O) groups excluding carboxylic acids is 1. The zero-order valence-electron chi connectivity index (χ0n) is 12.4. The molecule has 0 aromatic heterocycles. The Morgan fingerprint density at radius 3 is 2.86 bits per heavy atom. The predicted molar refractivity (Wildman–Crippen MR) is 81.7 cm³/mol. The van der Waals surface area contributed by atoms with Gasteiger partial charge in [0.25, 0.3) is 0 Å². The monoisotopic (exact) mass is 312 g/mol. The van der Waals surface area contributed by atoms with Crippen LogP contribution >= 0.6 is 11.6 Å². The highest BCUT2D eigenvalue weighted by atomic mass is 35.5. The van der Waals surface area contributed by atoms with Crippen molar-refractivity contribution in [2.45, 2.75) is 19.5 Å². The van der Waals surface area contributed by atoms with Crippen molar-refractivity contribution >= 4 is 17.5 Å². The lowest BCUT2D eigenvalue weighted by atomic mass is 10.2. The highest BCUT2D eigenvalue weighted by molar-refractivity contribution is 6.30. The Hall–Kier alpha value is -1.30. The maximum Gasteiger partial charge on any atom is 0.239 e. The number of ether oxygens (including phenoxy) is 2. The van der Waals surface area contributed by atoms with Crippen LogP contribution in [0, 0.1) is 0 Å². The van der Waals surface area contributed by atoms with Gasteiger partial charge in [-0.25, -0.2) is 0 Å². The predicted octanol–water partition coefficient (Wildman–Crippen LogP) is 1.69. The first-order valence-electron chi connectivity index (χ1n) is 7.04. The van der Waals surface area contributed by atoms with Crippen LogP contribution in [0.25, 0.3) is 0 Å². The van der Waals surface area contributed by atoms with Crippen molar-refractivity contribution in [2.75, 3.05) is 33.4 Å². The Morgan fingerprint density at radius 2 is 2.19 bits per heavy atom. The number of nitrogens with one attached hydrogen (secondary N) is 1. The summed E-state index contributed by atoms with van der Waals surface area (Å²) in [6.07, 6.45) is 0. The second-order valence-electron chi connectivity index (χ2n) is 5.00. The second kappa shape index (κ2) is 7.64. The topological polar surface area (TPSA) is 50.8 Å². The Morgan fingerprint density at radius 1 is 1.48 bits per heavy atom. The van der Waals surface area contributed by atoms with E-state index in [1.54, 1.807) is 13.2 Å². The smallest absolute Gasteiger partial charge is 0.239 e. The summed E-state index contributed by atoms with van der Waals surface area (Å²) in [7, 11) is 1.62. The van der Waals surface area contributed by atoms with Crippen LogP contribution in [-0.4, -0.2) is 50.3 Å². The number of rotatable bonds is 5. The van der Waals surface area contributed by atoms with Crippen molar-refractivity contribution in [3.05, 3.63) is 28.8 Å². The van der Waals surface area contributed by atoms with Crippen LogP contribution in [0.5, 0.6) is 5.75 Å². The van der Waals surface area contributed by atoms with Crippen LogP contribution in [0.15, 0.2) is 18.2 Å². The van der Waals surface area contributed by atoms with Gasteiger partial charge in [-0.15, -0.1) is 0 Å². The Balaban J connectivity index is 1.92. The van der Waals surface area contributed by atoms with Crippen molar-refractivity contribution in [1.82, 2.24) is 10.2 Å². The molecule has 116 valence electrons. The Bertz CT molecular complexity index is 490. The van der Waals surface area contributed by atoms with Gasteiger partial charge >= 0.3 is 0 Å².